The zero-order valence-corrected chi connectivity index (χ0v) is 12.1. The summed E-state index contributed by atoms with van der Waals surface area (Å²) in [6.07, 6.45) is -1.53. The maximum atomic E-state index is 12.2. The minimum absolute atomic E-state index is 0.0104. The van der Waals surface area contributed by atoms with Gasteiger partial charge in [0.2, 0.25) is 0 Å². The lowest BCUT2D eigenvalue weighted by Crippen LogP contribution is -2.57. The molecule has 1 aromatic carbocycles. The topological polar surface area (TPSA) is 101 Å². The van der Waals surface area contributed by atoms with Crippen LogP contribution in [0.1, 0.15) is 25.0 Å². The number of aliphatic carboxylic acids is 1. The third kappa shape index (κ3) is 3.82. The third-order valence-electron chi connectivity index (χ3n) is 3.03. The Kier molecular flexibility index (Phi) is 6.19. The molecule has 2 unspecified atom stereocenters. The Bertz CT molecular complexity index is 466. The largest absolute Gasteiger partial charge is 0.480 e. The lowest BCUT2D eigenvalue weighted by molar-refractivity contribution is -0.151. The lowest BCUT2D eigenvalue weighted by Gasteiger charge is -2.25. The van der Waals surface area contributed by atoms with Crippen molar-refractivity contribution in [3.05, 3.63) is 35.9 Å². The van der Waals surface area contributed by atoms with E-state index in [9.17, 15) is 19.8 Å². The first kappa shape index (κ1) is 16.7. The maximum absolute atomic E-state index is 12.2. The standard InChI is InChI=1S/C14H19NO4S/c1-2-20-9-8-14(15,13(18)19)12(17)11(16)10-6-4-3-5-7-10/h3-7,11,16H,2,8-9,15H2,1H3,(H,18,19). The van der Waals surface area contributed by atoms with Gasteiger partial charge in [0, 0.05) is 0 Å². The molecule has 110 valence electrons. The summed E-state index contributed by atoms with van der Waals surface area (Å²) < 4.78 is 0. The SMILES string of the molecule is CCSCCC(N)(C(=O)O)C(=O)C(O)c1ccccc1. The van der Waals surface area contributed by atoms with Crippen LogP contribution in [0, 0.1) is 0 Å². The van der Waals surface area contributed by atoms with Crippen molar-refractivity contribution in [1.82, 2.24) is 0 Å². The van der Waals surface area contributed by atoms with E-state index in [4.69, 9.17) is 5.73 Å². The summed E-state index contributed by atoms with van der Waals surface area (Å²) in [5.41, 5.74) is 4.03. The summed E-state index contributed by atoms with van der Waals surface area (Å²) in [6.45, 7) is 1.93. The quantitative estimate of drug-likeness (QED) is 0.492. The average molecular weight is 297 g/mol. The second-order valence-electron chi connectivity index (χ2n) is 4.40. The Morgan fingerprint density at radius 1 is 1.35 bits per heavy atom. The third-order valence-corrected chi connectivity index (χ3v) is 3.93. The van der Waals surface area contributed by atoms with E-state index in [1.54, 1.807) is 30.3 Å². The lowest BCUT2D eigenvalue weighted by atomic mass is 9.86. The summed E-state index contributed by atoms with van der Waals surface area (Å²) in [5.74, 6) is -1.03. The van der Waals surface area contributed by atoms with Crippen molar-refractivity contribution < 1.29 is 19.8 Å². The van der Waals surface area contributed by atoms with E-state index >= 15 is 0 Å². The van der Waals surface area contributed by atoms with Crippen molar-refractivity contribution in [3.8, 4) is 0 Å². The molecule has 20 heavy (non-hydrogen) atoms. The van der Waals surface area contributed by atoms with Crippen LogP contribution in [0.15, 0.2) is 30.3 Å². The molecule has 0 amide bonds. The van der Waals surface area contributed by atoms with E-state index in [1.165, 1.54) is 11.8 Å². The minimum Gasteiger partial charge on any atom is -0.480 e. The Labute approximate surface area is 122 Å². The molecule has 1 rings (SSSR count). The second kappa shape index (κ2) is 7.42. The fourth-order valence-electron chi connectivity index (χ4n) is 1.74. The fourth-order valence-corrected chi connectivity index (χ4v) is 2.50. The molecule has 5 nitrogen and oxygen atoms in total. The van der Waals surface area contributed by atoms with Gasteiger partial charge in [0.15, 0.2) is 11.3 Å². The van der Waals surface area contributed by atoms with Crippen LogP contribution in [-0.4, -0.2) is 39.0 Å². The number of aliphatic hydroxyl groups excluding tert-OH is 1. The van der Waals surface area contributed by atoms with Crippen LogP contribution < -0.4 is 5.73 Å². The molecule has 0 radical (unpaired) electrons. The van der Waals surface area contributed by atoms with Gasteiger partial charge in [-0.1, -0.05) is 37.3 Å². The number of benzene rings is 1. The van der Waals surface area contributed by atoms with Crippen molar-refractivity contribution in [1.29, 1.82) is 0 Å². The molecule has 0 saturated heterocycles. The Balaban J connectivity index is 2.91. The molecule has 0 fully saturated rings. The number of carbonyl (C=O) groups excluding carboxylic acids is 1. The molecule has 0 heterocycles. The van der Waals surface area contributed by atoms with E-state index < -0.39 is 23.4 Å². The molecule has 0 spiro atoms. The number of nitrogens with two attached hydrogens (primary N) is 1. The smallest absolute Gasteiger partial charge is 0.331 e. The van der Waals surface area contributed by atoms with Crippen molar-refractivity contribution in [2.24, 2.45) is 5.73 Å². The van der Waals surface area contributed by atoms with Crippen molar-refractivity contribution in [3.63, 3.8) is 0 Å². The van der Waals surface area contributed by atoms with Gasteiger partial charge in [0.05, 0.1) is 0 Å². The molecule has 6 heteroatoms. The number of thioether (sulfide) groups is 1. The first-order valence-electron chi connectivity index (χ1n) is 6.30. The monoisotopic (exact) mass is 297 g/mol. The highest BCUT2D eigenvalue weighted by atomic mass is 32.2. The highest BCUT2D eigenvalue weighted by molar-refractivity contribution is 7.99. The predicted molar refractivity (Wildman–Crippen MR) is 78.6 cm³/mol. The van der Waals surface area contributed by atoms with Crippen LogP contribution in [0.4, 0.5) is 0 Å². The maximum Gasteiger partial charge on any atom is 0.331 e. The fraction of sp³-hybridized carbons (Fsp3) is 0.429. The number of Topliss-reactive ketones (excluding diaryl/α,β-unsaturated/α-hetero) is 1. The molecule has 1 aromatic rings. The Morgan fingerprint density at radius 3 is 2.45 bits per heavy atom. The van der Waals surface area contributed by atoms with E-state index in [-0.39, 0.29) is 6.42 Å². The molecule has 0 aliphatic heterocycles. The van der Waals surface area contributed by atoms with Gasteiger partial charge in [0.25, 0.3) is 0 Å². The first-order chi connectivity index (χ1) is 9.43. The van der Waals surface area contributed by atoms with Gasteiger partial charge < -0.3 is 15.9 Å². The molecular weight excluding hydrogens is 278 g/mol. The van der Waals surface area contributed by atoms with E-state index in [1.807, 2.05) is 6.92 Å². The molecule has 0 saturated carbocycles. The van der Waals surface area contributed by atoms with Crippen LogP contribution in [0.5, 0.6) is 0 Å². The summed E-state index contributed by atoms with van der Waals surface area (Å²) in [7, 11) is 0. The van der Waals surface area contributed by atoms with Crippen LogP contribution in [-0.2, 0) is 9.59 Å². The number of rotatable bonds is 8. The molecule has 0 aliphatic carbocycles. The number of aliphatic hydroxyl groups is 1. The second-order valence-corrected chi connectivity index (χ2v) is 5.79. The first-order valence-corrected chi connectivity index (χ1v) is 7.46. The molecule has 0 bridgehead atoms. The highest BCUT2D eigenvalue weighted by Gasteiger charge is 2.44. The zero-order valence-electron chi connectivity index (χ0n) is 11.3. The van der Waals surface area contributed by atoms with Crippen molar-refractivity contribution in [2.45, 2.75) is 25.0 Å². The summed E-state index contributed by atoms with van der Waals surface area (Å²) >= 11 is 1.50. The van der Waals surface area contributed by atoms with Gasteiger partial charge >= 0.3 is 5.97 Å². The van der Waals surface area contributed by atoms with Crippen LogP contribution in [0.25, 0.3) is 0 Å². The van der Waals surface area contributed by atoms with E-state index in [2.05, 4.69) is 0 Å². The normalized spacial score (nSPS) is 15.3. The Morgan fingerprint density at radius 2 is 1.95 bits per heavy atom. The molecule has 0 aromatic heterocycles. The number of carboxylic acid groups (broad SMARTS) is 1. The number of carbonyl (C=O) groups is 2. The van der Waals surface area contributed by atoms with Crippen molar-refractivity contribution in [2.75, 3.05) is 11.5 Å². The van der Waals surface area contributed by atoms with Crippen LogP contribution in [0.2, 0.25) is 0 Å². The number of carboxylic acids is 1. The zero-order chi connectivity index (χ0) is 15.2. The minimum atomic E-state index is -2.06. The van der Waals surface area contributed by atoms with Crippen LogP contribution >= 0.6 is 11.8 Å². The van der Waals surface area contributed by atoms with Gasteiger partial charge in [-0.25, -0.2) is 4.79 Å². The van der Waals surface area contributed by atoms with Gasteiger partial charge in [-0.05, 0) is 23.5 Å². The molecule has 4 N–H and O–H groups in total. The van der Waals surface area contributed by atoms with Crippen LogP contribution in [0.3, 0.4) is 0 Å². The van der Waals surface area contributed by atoms with E-state index in [0.717, 1.165) is 5.75 Å². The summed E-state index contributed by atoms with van der Waals surface area (Å²) in [4.78, 5) is 23.6. The molecule has 2 atom stereocenters. The number of hydrogen-bond donors (Lipinski definition) is 3. The number of ketones is 1. The van der Waals surface area contributed by atoms with Gasteiger partial charge in [-0.15, -0.1) is 0 Å². The summed E-state index contributed by atoms with van der Waals surface area (Å²) in [6, 6.07) is 8.19. The molecule has 0 aliphatic rings. The van der Waals surface area contributed by atoms with Gasteiger partial charge in [-0.3, -0.25) is 4.79 Å². The van der Waals surface area contributed by atoms with Gasteiger partial charge in [0.1, 0.15) is 6.10 Å². The molecular formula is C14H19NO4S. The average Bonchev–Trinajstić information content (AvgIpc) is 2.46. The van der Waals surface area contributed by atoms with Crippen molar-refractivity contribution >= 4 is 23.5 Å². The highest BCUT2D eigenvalue weighted by Crippen LogP contribution is 2.23. The van der Waals surface area contributed by atoms with Gasteiger partial charge in [-0.2, -0.15) is 11.8 Å². The number of hydrogen-bond acceptors (Lipinski definition) is 5. The Hall–Kier alpha value is -1.37. The summed E-state index contributed by atoms with van der Waals surface area (Å²) in [5, 5.41) is 19.3. The van der Waals surface area contributed by atoms with E-state index in [0.29, 0.717) is 11.3 Å². The predicted octanol–water partition coefficient (Wildman–Crippen LogP) is 1.21.